The fourth-order valence-electron chi connectivity index (χ4n) is 3.09. The maximum absolute atomic E-state index is 10.9. The van der Waals surface area contributed by atoms with Gasteiger partial charge in [-0.15, -0.1) is 0 Å². The summed E-state index contributed by atoms with van der Waals surface area (Å²) in [5, 5.41) is 14.9. The Morgan fingerprint density at radius 2 is 1.96 bits per heavy atom. The zero-order chi connectivity index (χ0) is 19.4. The second-order valence-electron chi connectivity index (χ2n) is 6.60. The first-order chi connectivity index (χ1) is 12.9. The number of hydrogen-bond acceptors (Lipinski definition) is 4. The highest BCUT2D eigenvalue weighted by Crippen LogP contribution is 2.27. The van der Waals surface area contributed by atoms with Crippen LogP contribution in [0, 0.1) is 17.0 Å². The lowest BCUT2D eigenvalue weighted by Crippen LogP contribution is -2.49. The summed E-state index contributed by atoms with van der Waals surface area (Å²) >= 11 is 11.6. The minimum absolute atomic E-state index is 0.0207. The molecule has 2 aromatic rings. The number of thiocarbonyl (C=S) groups is 1. The third-order valence-electron chi connectivity index (χ3n) is 4.55. The fraction of sp³-hybridized carbons (Fsp3) is 0.316. The van der Waals surface area contributed by atoms with Crippen molar-refractivity contribution in [1.82, 2.24) is 9.80 Å². The van der Waals surface area contributed by atoms with E-state index in [0.29, 0.717) is 15.8 Å². The average molecular weight is 405 g/mol. The van der Waals surface area contributed by atoms with Gasteiger partial charge in [-0.25, -0.2) is 0 Å². The molecular weight excluding hydrogens is 384 g/mol. The van der Waals surface area contributed by atoms with Gasteiger partial charge in [-0.3, -0.25) is 15.0 Å². The second kappa shape index (κ2) is 8.65. The highest BCUT2D eigenvalue weighted by atomic mass is 35.5. The van der Waals surface area contributed by atoms with E-state index in [-0.39, 0.29) is 5.69 Å². The smallest absolute Gasteiger partial charge is 0.271 e. The Morgan fingerprint density at radius 1 is 1.22 bits per heavy atom. The van der Waals surface area contributed by atoms with Crippen molar-refractivity contribution in [3.63, 3.8) is 0 Å². The van der Waals surface area contributed by atoms with Gasteiger partial charge in [0.1, 0.15) is 0 Å². The molecule has 142 valence electrons. The van der Waals surface area contributed by atoms with E-state index in [2.05, 4.69) is 46.3 Å². The number of aryl methyl sites for hydroxylation is 1. The molecule has 0 radical (unpaired) electrons. The normalized spacial score (nSPS) is 14.8. The number of non-ortho nitro benzene ring substituents is 1. The first-order valence-corrected chi connectivity index (χ1v) is 9.49. The van der Waals surface area contributed by atoms with Crippen molar-refractivity contribution >= 4 is 40.3 Å². The van der Waals surface area contributed by atoms with Crippen molar-refractivity contribution in [2.45, 2.75) is 13.5 Å². The number of benzene rings is 2. The number of halogens is 1. The largest absolute Gasteiger partial charge is 0.346 e. The summed E-state index contributed by atoms with van der Waals surface area (Å²) in [7, 11) is 0. The molecule has 2 aromatic carbocycles. The third kappa shape index (κ3) is 5.15. The molecule has 6 nitrogen and oxygen atoms in total. The van der Waals surface area contributed by atoms with Crippen molar-refractivity contribution in [2.24, 2.45) is 0 Å². The topological polar surface area (TPSA) is 61.6 Å². The lowest BCUT2D eigenvalue weighted by atomic mass is 10.1. The fourth-order valence-corrected chi connectivity index (χ4v) is 3.55. The molecule has 0 amide bonds. The molecule has 1 aliphatic heterocycles. The predicted molar refractivity (Wildman–Crippen MR) is 112 cm³/mol. The Labute approximate surface area is 168 Å². The number of nitro benzene ring substituents is 1. The van der Waals surface area contributed by atoms with Crippen LogP contribution in [0.1, 0.15) is 11.1 Å². The number of nitro groups is 1. The van der Waals surface area contributed by atoms with Crippen LogP contribution in [-0.2, 0) is 6.54 Å². The maximum Gasteiger partial charge on any atom is 0.271 e. The number of anilines is 1. The first-order valence-electron chi connectivity index (χ1n) is 8.70. The molecule has 0 aromatic heterocycles. The molecule has 1 fully saturated rings. The molecule has 1 N–H and O–H groups in total. The lowest BCUT2D eigenvalue weighted by Gasteiger charge is -2.36. The summed E-state index contributed by atoms with van der Waals surface area (Å²) in [6.45, 7) is 6.42. The van der Waals surface area contributed by atoms with Gasteiger partial charge < -0.3 is 10.2 Å². The zero-order valence-corrected chi connectivity index (χ0v) is 16.6. The summed E-state index contributed by atoms with van der Waals surface area (Å²) in [6, 6.07) is 12.8. The van der Waals surface area contributed by atoms with E-state index in [0.717, 1.165) is 32.7 Å². The quantitative estimate of drug-likeness (QED) is 0.471. The number of piperazine rings is 1. The molecule has 3 rings (SSSR count). The van der Waals surface area contributed by atoms with Crippen molar-refractivity contribution in [1.29, 1.82) is 0 Å². The van der Waals surface area contributed by atoms with Crippen LogP contribution in [0.4, 0.5) is 11.4 Å². The van der Waals surface area contributed by atoms with Gasteiger partial charge >= 0.3 is 0 Å². The van der Waals surface area contributed by atoms with Crippen molar-refractivity contribution in [3.05, 3.63) is 68.7 Å². The molecule has 0 unspecified atom stereocenters. The summed E-state index contributed by atoms with van der Waals surface area (Å²) in [6.07, 6.45) is 0. The highest BCUT2D eigenvalue weighted by Gasteiger charge is 2.20. The minimum Gasteiger partial charge on any atom is -0.346 e. The van der Waals surface area contributed by atoms with Crippen molar-refractivity contribution in [3.8, 4) is 0 Å². The van der Waals surface area contributed by atoms with Gasteiger partial charge in [-0.2, -0.15) is 0 Å². The van der Waals surface area contributed by atoms with Gasteiger partial charge in [0.2, 0.25) is 0 Å². The molecule has 0 atom stereocenters. The Morgan fingerprint density at radius 3 is 2.63 bits per heavy atom. The summed E-state index contributed by atoms with van der Waals surface area (Å²) in [4.78, 5) is 15.0. The van der Waals surface area contributed by atoms with E-state index >= 15 is 0 Å². The highest BCUT2D eigenvalue weighted by molar-refractivity contribution is 7.80. The standard InChI is InChI=1S/C19H21ClN4O2S/c1-14-3-2-4-15(11-14)13-22-7-9-23(10-8-22)19(27)21-18-12-16(24(25)26)5-6-17(18)20/h2-6,11-12H,7-10,13H2,1H3,(H,21,27). The summed E-state index contributed by atoms with van der Waals surface area (Å²) < 4.78 is 0. The van der Waals surface area contributed by atoms with E-state index in [1.54, 1.807) is 0 Å². The van der Waals surface area contributed by atoms with E-state index < -0.39 is 4.92 Å². The Hall–Kier alpha value is -2.22. The van der Waals surface area contributed by atoms with E-state index in [1.165, 1.54) is 29.3 Å². The number of rotatable bonds is 4. The molecule has 8 heteroatoms. The van der Waals surface area contributed by atoms with Crippen LogP contribution >= 0.6 is 23.8 Å². The monoisotopic (exact) mass is 404 g/mol. The van der Waals surface area contributed by atoms with E-state index in [9.17, 15) is 10.1 Å². The molecule has 0 bridgehead atoms. The predicted octanol–water partition coefficient (Wildman–Crippen LogP) is 4.07. The third-order valence-corrected chi connectivity index (χ3v) is 5.24. The lowest BCUT2D eigenvalue weighted by molar-refractivity contribution is -0.384. The van der Waals surface area contributed by atoms with Gasteiger partial charge in [0.15, 0.2) is 5.11 Å². The summed E-state index contributed by atoms with van der Waals surface area (Å²) in [5.74, 6) is 0. The molecule has 1 aliphatic rings. The number of hydrogen-bond donors (Lipinski definition) is 1. The van der Waals surface area contributed by atoms with Gasteiger partial charge in [-0.1, -0.05) is 41.4 Å². The van der Waals surface area contributed by atoms with Crippen LogP contribution in [0.25, 0.3) is 0 Å². The van der Waals surface area contributed by atoms with Gasteiger partial charge in [0, 0.05) is 44.9 Å². The molecule has 0 spiro atoms. The van der Waals surface area contributed by atoms with Crippen LogP contribution in [0.3, 0.4) is 0 Å². The van der Waals surface area contributed by atoms with E-state index in [1.807, 2.05) is 0 Å². The first kappa shape index (κ1) is 19.5. The molecule has 0 aliphatic carbocycles. The molecular formula is C19H21ClN4O2S. The van der Waals surface area contributed by atoms with Crippen LogP contribution in [-0.4, -0.2) is 46.0 Å². The van der Waals surface area contributed by atoms with Gasteiger partial charge in [0.05, 0.1) is 15.6 Å². The number of nitrogens with one attached hydrogen (secondary N) is 1. The van der Waals surface area contributed by atoms with Crippen LogP contribution in [0.2, 0.25) is 5.02 Å². The van der Waals surface area contributed by atoms with Crippen LogP contribution in [0.15, 0.2) is 42.5 Å². The van der Waals surface area contributed by atoms with E-state index in [4.69, 9.17) is 23.8 Å². The SMILES string of the molecule is Cc1cccc(CN2CCN(C(=S)Nc3cc([N+](=O)[O-])ccc3Cl)CC2)c1. The van der Waals surface area contributed by atoms with Crippen molar-refractivity contribution in [2.75, 3.05) is 31.5 Å². The van der Waals surface area contributed by atoms with Gasteiger partial charge in [-0.05, 0) is 30.8 Å². The average Bonchev–Trinajstić information content (AvgIpc) is 2.64. The zero-order valence-electron chi connectivity index (χ0n) is 15.0. The van der Waals surface area contributed by atoms with Crippen LogP contribution < -0.4 is 5.32 Å². The Bertz CT molecular complexity index is 853. The van der Waals surface area contributed by atoms with Crippen molar-refractivity contribution < 1.29 is 4.92 Å². The molecule has 27 heavy (non-hydrogen) atoms. The minimum atomic E-state index is -0.450. The number of nitrogens with zero attached hydrogens (tertiary/aromatic N) is 3. The molecule has 1 saturated heterocycles. The second-order valence-corrected chi connectivity index (χ2v) is 7.40. The van der Waals surface area contributed by atoms with Crippen LogP contribution in [0.5, 0.6) is 0 Å². The Kier molecular flexibility index (Phi) is 6.26. The molecule has 0 saturated carbocycles. The Balaban J connectivity index is 1.56. The maximum atomic E-state index is 10.9. The molecule has 1 heterocycles. The van der Waals surface area contributed by atoms with Gasteiger partial charge in [0.25, 0.3) is 5.69 Å². The summed E-state index contributed by atoms with van der Waals surface area (Å²) in [5.41, 5.74) is 3.02.